The van der Waals surface area contributed by atoms with Gasteiger partial charge >= 0.3 is 7.60 Å². The molecule has 1 unspecified atom stereocenters. The highest BCUT2D eigenvalue weighted by molar-refractivity contribution is 7.93. The van der Waals surface area contributed by atoms with E-state index in [1.165, 1.54) is 5.56 Å². The van der Waals surface area contributed by atoms with Crippen LogP contribution in [0.3, 0.4) is 0 Å². The molecule has 3 N–H and O–H groups in total. The molecule has 26 heavy (non-hydrogen) atoms. The molecule has 0 saturated heterocycles. The van der Waals surface area contributed by atoms with E-state index >= 15 is 0 Å². The zero-order valence-electron chi connectivity index (χ0n) is 15.0. The maximum absolute atomic E-state index is 11.2. The molecular weight excluding hydrogens is 379 g/mol. The van der Waals surface area contributed by atoms with Crippen LogP contribution in [0.4, 0.5) is 0 Å². The zero-order chi connectivity index (χ0) is 19.8. The van der Waals surface area contributed by atoms with E-state index in [4.69, 9.17) is 19.1 Å². The van der Waals surface area contributed by atoms with Gasteiger partial charge in [0, 0.05) is 0 Å². The summed E-state index contributed by atoms with van der Waals surface area (Å²) in [6.45, 7) is 4.35. The maximum atomic E-state index is 11.2. The summed E-state index contributed by atoms with van der Waals surface area (Å²) in [6.07, 6.45) is 4.27. The van der Waals surface area contributed by atoms with Gasteiger partial charge in [0.1, 0.15) is 12.4 Å². The van der Waals surface area contributed by atoms with E-state index in [9.17, 15) is 13.0 Å². The summed E-state index contributed by atoms with van der Waals surface area (Å²) in [4.78, 5) is 16.0. The Balaban J connectivity index is 2.45. The zero-order valence-corrected chi connectivity index (χ0v) is 16.7. The van der Waals surface area contributed by atoms with E-state index < -0.39 is 22.7 Å². The van der Waals surface area contributed by atoms with Gasteiger partial charge in [0.25, 0.3) is 10.1 Å². The molecule has 0 aliphatic heterocycles. The molecule has 0 saturated carbocycles. The molecule has 148 valence electrons. The molecular formula is C17H27O7PS. The standard InChI is InChI=1S/C17H27O7PS/c1-3-6-15-9-11-16(12-10-15)24-13-14(2)7-4-5-8-17(25(18,19)20)26(21,22)23/h7,9-12,17H,3-6,8,13H2,1-2H3,(H2,18,19,20)(H,21,22,23). The van der Waals surface area contributed by atoms with E-state index in [1.54, 1.807) is 0 Å². The summed E-state index contributed by atoms with van der Waals surface area (Å²) in [7, 11) is -9.69. The van der Waals surface area contributed by atoms with Crippen molar-refractivity contribution in [1.29, 1.82) is 0 Å². The van der Waals surface area contributed by atoms with Crippen LogP contribution in [0.5, 0.6) is 5.75 Å². The molecule has 1 aromatic carbocycles. The molecule has 7 nitrogen and oxygen atoms in total. The average molecular weight is 406 g/mol. The summed E-state index contributed by atoms with van der Waals surface area (Å²) in [6, 6.07) is 7.87. The summed E-state index contributed by atoms with van der Waals surface area (Å²) >= 11 is 0. The number of ether oxygens (including phenoxy) is 1. The Hall–Kier alpha value is -1.18. The second-order valence-electron chi connectivity index (χ2n) is 6.22. The van der Waals surface area contributed by atoms with Crippen LogP contribution in [-0.4, -0.2) is 34.4 Å². The largest absolute Gasteiger partial charge is 0.489 e. The number of benzene rings is 1. The van der Waals surface area contributed by atoms with Gasteiger partial charge in [-0.15, -0.1) is 0 Å². The molecule has 9 heteroatoms. The van der Waals surface area contributed by atoms with Gasteiger partial charge in [-0.25, -0.2) is 0 Å². The van der Waals surface area contributed by atoms with E-state index in [1.807, 2.05) is 37.3 Å². The predicted molar refractivity (Wildman–Crippen MR) is 101 cm³/mol. The van der Waals surface area contributed by atoms with Crippen LogP contribution >= 0.6 is 7.60 Å². The lowest BCUT2D eigenvalue weighted by Crippen LogP contribution is -2.20. The highest BCUT2D eigenvalue weighted by Gasteiger charge is 2.38. The molecule has 0 bridgehead atoms. The molecule has 0 amide bonds. The van der Waals surface area contributed by atoms with E-state index in [2.05, 4.69) is 6.92 Å². The van der Waals surface area contributed by atoms with Crippen LogP contribution in [0, 0.1) is 0 Å². The summed E-state index contributed by atoms with van der Waals surface area (Å²) in [5.74, 6) is 0.755. The van der Waals surface area contributed by atoms with Crippen molar-refractivity contribution in [3.63, 3.8) is 0 Å². The fraction of sp³-hybridized carbons (Fsp3) is 0.529. The first kappa shape index (κ1) is 22.9. The fourth-order valence-corrected chi connectivity index (χ4v) is 4.80. The highest BCUT2D eigenvalue weighted by atomic mass is 32.2. The minimum atomic E-state index is -4.91. The normalized spacial score (nSPS) is 14.3. The van der Waals surface area contributed by atoms with E-state index in [0.29, 0.717) is 13.0 Å². The lowest BCUT2D eigenvalue weighted by Gasteiger charge is -2.14. The molecule has 0 aliphatic carbocycles. The van der Waals surface area contributed by atoms with Crippen molar-refractivity contribution in [1.82, 2.24) is 0 Å². The van der Waals surface area contributed by atoms with Crippen LogP contribution in [0.25, 0.3) is 0 Å². The Morgan fingerprint density at radius 1 is 1.27 bits per heavy atom. The fourth-order valence-electron chi connectivity index (χ4n) is 2.43. The van der Waals surface area contributed by atoms with Crippen molar-refractivity contribution >= 4 is 17.7 Å². The summed E-state index contributed by atoms with van der Waals surface area (Å²) < 4.78 is 47.9. The number of hydrogen-bond acceptors (Lipinski definition) is 4. The van der Waals surface area contributed by atoms with Crippen molar-refractivity contribution in [3.05, 3.63) is 41.5 Å². The van der Waals surface area contributed by atoms with Gasteiger partial charge in [-0.3, -0.25) is 9.12 Å². The van der Waals surface area contributed by atoms with Gasteiger partial charge in [-0.1, -0.05) is 31.6 Å². The first-order chi connectivity index (χ1) is 12.0. The maximum Gasteiger partial charge on any atom is 0.346 e. The lowest BCUT2D eigenvalue weighted by atomic mass is 10.1. The third-order valence-corrected chi connectivity index (χ3v) is 7.35. The van der Waals surface area contributed by atoms with Crippen LogP contribution in [-0.2, 0) is 21.1 Å². The van der Waals surface area contributed by atoms with Crippen LogP contribution in [0.15, 0.2) is 35.9 Å². The van der Waals surface area contributed by atoms with Gasteiger partial charge < -0.3 is 14.5 Å². The Morgan fingerprint density at radius 2 is 1.88 bits per heavy atom. The Bertz CT molecular complexity index is 735. The van der Waals surface area contributed by atoms with Crippen LogP contribution in [0.2, 0.25) is 0 Å². The first-order valence-electron chi connectivity index (χ1n) is 8.43. The molecule has 0 fully saturated rings. The van der Waals surface area contributed by atoms with Crippen molar-refractivity contribution in [2.24, 2.45) is 0 Å². The average Bonchev–Trinajstić information content (AvgIpc) is 2.51. The minimum absolute atomic E-state index is 0.221. The molecule has 0 spiro atoms. The van der Waals surface area contributed by atoms with E-state index in [0.717, 1.165) is 24.2 Å². The van der Waals surface area contributed by atoms with Crippen molar-refractivity contribution in [2.75, 3.05) is 6.61 Å². The van der Waals surface area contributed by atoms with Crippen molar-refractivity contribution in [2.45, 2.75) is 50.9 Å². The van der Waals surface area contributed by atoms with E-state index in [-0.39, 0.29) is 12.8 Å². The molecule has 0 aliphatic rings. The second-order valence-corrected chi connectivity index (χ2v) is 9.97. The van der Waals surface area contributed by atoms with Crippen molar-refractivity contribution in [3.8, 4) is 5.75 Å². The third-order valence-electron chi connectivity index (χ3n) is 3.80. The van der Waals surface area contributed by atoms with Gasteiger partial charge in [0.2, 0.25) is 0 Å². The molecule has 1 atom stereocenters. The monoisotopic (exact) mass is 406 g/mol. The van der Waals surface area contributed by atoms with Gasteiger partial charge in [0.15, 0.2) is 4.99 Å². The number of aryl methyl sites for hydroxylation is 1. The number of hydrogen-bond donors (Lipinski definition) is 3. The third kappa shape index (κ3) is 8.47. The quantitative estimate of drug-likeness (QED) is 0.222. The molecule has 1 rings (SSSR count). The second kappa shape index (κ2) is 10.2. The summed E-state index contributed by atoms with van der Waals surface area (Å²) in [5.41, 5.74) is 2.17. The van der Waals surface area contributed by atoms with Crippen LogP contribution < -0.4 is 4.74 Å². The number of allylic oxidation sites excluding steroid dienone is 1. The Morgan fingerprint density at radius 3 is 2.38 bits per heavy atom. The topological polar surface area (TPSA) is 121 Å². The van der Waals surface area contributed by atoms with Crippen molar-refractivity contribution < 1.29 is 32.1 Å². The predicted octanol–water partition coefficient (Wildman–Crippen LogP) is 3.53. The highest BCUT2D eigenvalue weighted by Crippen LogP contribution is 2.46. The molecule has 1 aromatic rings. The van der Waals surface area contributed by atoms with Crippen LogP contribution in [0.1, 0.15) is 45.1 Å². The smallest absolute Gasteiger partial charge is 0.346 e. The molecule has 0 heterocycles. The number of unbranched alkanes of at least 4 members (excludes halogenated alkanes) is 1. The van der Waals surface area contributed by atoms with Gasteiger partial charge in [-0.05, 0) is 55.9 Å². The summed E-state index contributed by atoms with van der Waals surface area (Å²) in [5, 5.41) is 0. The SMILES string of the molecule is CCCc1ccc(OCC(C)=CCCCC(P(=O)(O)O)S(=O)(=O)O)cc1. The number of rotatable bonds is 11. The van der Waals surface area contributed by atoms with Gasteiger partial charge in [-0.2, -0.15) is 8.42 Å². The molecule has 0 aromatic heterocycles. The first-order valence-corrected chi connectivity index (χ1v) is 11.6. The Labute approximate surface area is 155 Å². The lowest BCUT2D eigenvalue weighted by molar-refractivity contribution is 0.351. The molecule has 0 radical (unpaired) electrons. The Kier molecular flexibility index (Phi) is 9.00. The minimum Gasteiger partial charge on any atom is -0.489 e. The van der Waals surface area contributed by atoms with Gasteiger partial charge in [0.05, 0.1) is 0 Å².